The number of likely N-dealkylation sites (tertiary alicyclic amines) is 1. The molecule has 0 radical (unpaired) electrons. The minimum Gasteiger partial charge on any atom is -0.343 e. The number of para-hydroxylation sites is 1. The zero-order chi connectivity index (χ0) is 20.0. The lowest BCUT2D eigenvalue weighted by molar-refractivity contribution is -0.141. The van der Waals surface area contributed by atoms with E-state index in [4.69, 9.17) is 0 Å². The lowest BCUT2D eigenvalue weighted by Gasteiger charge is -2.31. The fourth-order valence-electron chi connectivity index (χ4n) is 3.15. The maximum atomic E-state index is 13.1. The molecule has 3 atom stereocenters. The molecule has 1 aliphatic heterocycles. The molecular formula is C20H30N4O3. The number of amides is 3. The zero-order valence-electron chi connectivity index (χ0n) is 16.5. The predicted octanol–water partition coefficient (Wildman–Crippen LogP) is 1.36. The number of likely N-dealkylation sites (N-methyl/N-ethyl adjacent to an activating group) is 1. The number of anilines is 1. The van der Waals surface area contributed by atoms with E-state index in [0.29, 0.717) is 18.7 Å². The van der Waals surface area contributed by atoms with E-state index in [1.165, 1.54) is 0 Å². The SMILES string of the molecule is CN[C@@H](C)C(=O)N[C@H](C(=O)N1CCC[C@H]1C(=O)Nc1ccccc1)C(C)C. The molecule has 1 aliphatic rings. The van der Waals surface area contributed by atoms with Crippen molar-refractivity contribution in [3.8, 4) is 0 Å². The maximum Gasteiger partial charge on any atom is 0.247 e. The summed E-state index contributed by atoms with van der Waals surface area (Å²) in [6.07, 6.45) is 1.39. The van der Waals surface area contributed by atoms with Gasteiger partial charge in [-0.1, -0.05) is 32.0 Å². The first-order chi connectivity index (χ1) is 12.8. The van der Waals surface area contributed by atoms with Gasteiger partial charge in [0.15, 0.2) is 0 Å². The van der Waals surface area contributed by atoms with Crippen LogP contribution >= 0.6 is 0 Å². The fraction of sp³-hybridized carbons (Fsp3) is 0.550. The first-order valence-corrected chi connectivity index (χ1v) is 9.49. The average Bonchev–Trinajstić information content (AvgIpc) is 3.15. The van der Waals surface area contributed by atoms with Crippen LogP contribution in [-0.2, 0) is 14.4 Å². The van der Waals surface area contributed by atoms with Gasteiger partial charge in [0.1, 0.15) is 12.1 Å². The van der Waals surface area contributed by atoms with Crippen molar-refractivity contribution in [3.05, 3.63) is 30.3 Å². The van der Waals surface area contributed by atoms with Crippen LogP contribution in [0, 0.1) is 5.92 Å². The number of carbonyl (C=O) groups is 3. The quantitative estimate of drug-likeness (QED) is 0.672. The van der Waals surface area contributed by atoms with Gasteiger partial charge < -0.3 is 20.9 Å². The Morgan fingerprint density at radius 2 is 1.78 bits per heavy atom. The van der Waals surface area contributed by atoms with Gasteiger partial charge in [-0.3, -0.25) is 14.4 Å². The van der Waals surface area contributed by atoms with E-state index < -0.39 is 18.1 Å². The molecule has 2 rings (SSSR count). The molecule has 27 heavy (non-hydrogen) atoms. The Labute approximate surface area is 160 Å². The van der Waals surface area contributed by atoms with E-state index >= 15 is 0 Å². The molecule has 0 bridgehead atoms. The molecule has 3 amide bonds. The number of benzene rings is 1. The van der Waals surface area contributed by atoms with Crippen molar-refractivity contribution in [2.75, 3.05) is 18.9 Å². The molecule has 0 aromatic heterocycles. The Balaban J connectivity index is 2.09. The second-order valence-corrected chi connectivity index (χ2v) is 7.29. The molecule has 7 heteroatoms. The van der Waals surface area contributed by atoms with Gasteiger partial charge in [0.05, 0.1) is 6.04 Å². The van der Waals surface area contributed by atoms with Crippen LogP contribution in [0.3, 0.4) is 0 Å². The standard InChI is InChI=1S/C20H30N4O3/c1-13(2)17(23-18(25)14(3)21-4)20(27)24-12-8-11-16(24)19(26)22-15-9-6-5-7-10-15/h5-7,9-10,13-14,16-17,21H,8,11-12H2,1-4H3,(H,22,26)(H,23,25)/t14-,16-,17-/m0/s1. The van der Waals surface area contributed by atoms with Gasteiger partial charge >= 0.3 is 0 Å². The predicted molar refractivity (Wildman–Crippen MR) is 105 cm³/mol. The summed E-state index contributed by atoms with van der Waals surface area (Å²) in [6, 6.07) is 7.64. The molecule has 1 heterocycles. The average molecular weight is 374 g/mol. The summed E-state index contributed by atoms with van der Waals surface area (Å²) in [6.45, 7) is 6.04. The lowest BCUT2D eigenvalue weighted by atomic mass is 10.0. The Hall–Kier alpha value is -2.41. The number of nitrogens with one attached hydrogen (secondary N) is 3. The van der Waals surface area contributed by atoms with E-state index in [2.05, 4.69) is 16.0 Å². The summed E-state index contributed by atoms with van der Waals surface area (Å²) in [7, 11) is 1.70. The van der Waals surface area contributed by atoms with Crippen molar-refractivity contribution in [1.82, 2.24) is 15.5 Å². The van der Waals surface area contributed by atoms with Crippen LogP contribution < -0.4 is 16.0 Å². The summed E-state index contributed by atoms with van der Waals surface area (Å²) < 4.78 is 0. The van der Waals surface area contributed by atoms with Crippen LogP contribution in [0.5, 0.6) is 0 Å². The fourth-order valence-corrected chi connectivity index (χ4v) is 3.15. The van der Waals surface area contributed by atoms with Gasteiger partial charge in [-0.15, -0.1) is 0 Å². The van der Waals surface area contributed by atoms with Gasteiger partial charge in [-0.2, -0.15) is 0 Å². The highest BCUT2D eigenvalue weighted by molar-refractivity contribution is 5.99. The molecule has 7 nitrogen and oxygen atoms in total. The second kappa shape index (κ2) is 9.50. The molecule has 0 saturated carbocycles. The monoisotopic (exact) mass is 374 g/mol. The number of carbonyl (C=O) groups excluding carboxylic acids is 3. The minimum atomic E-state index is -0.654. The molecule has 1 saturated heterocycles. The molecule has 0 aliphatic carbocycles. The molecule has 1 fully saturated rings. The van der Waals surface area contributed by atoms with E-state index in [0.717, 1.165) is 6.42 Å². The number of nitrogens with zero attached hydrogens (tertiary/aromatic N) is 1. The van der Waals surface area contributed by atoms with Crippen molar-refractivity contribution in [3.63, 3.8) is 0 Å². The largest absolute Gasteiger partial charge is 0.343 e. The first-order valence-electron chi connectivity index (χ1n) is 9.49. The summed E-state index contributed by atoms with van der Waals surface area (Å²) in [4.78, 5) is 39.7. The van der Waals surface area contributed by atoms with Gasteiger partial charge in [0.25, 0.3) is 0 Å². The van der Waals surface area contributed by atoms with Gasteiger partial charge in [-0.05, 0) is 44.9 Å². The van der Waals surface area contributed by atoms with Gasteiger partial charge in [-0.25, -0.2) is 0 Å². The zero-order valence-corrected chi connectivity index (χ0v) is 16.5. The van der Waals surface area contributed by atoms with Gasteiger partial charge in [0, 0.05) is 12.2 Å². The third kappa shape index (κ3) is 5.29. The third-order valence-corrected chi connectivity index (χ3v) is 4.94. The molecule has 0 spiro atoms. The van der Waals surface area contributed by atoms with Crippen molar-refractivity contribution in [1.29, 1.82) is 0 Å². The molecular weight excluding hydrogens is 344 g/mol. The smallest absolute Gasteiger partial charge is 0.247 e. The van der Waals surface area contributed by atoms with E-state index in [-0.39, 0.29) is 23.6 Å². The van der Waals surface area contributed by atoms with E-state index in [1.54, 1.807) is 18.9 Å². The van der Waals surface area contributed by atoms with E-state index in [1.807, 2.05) is 44.2 Å². The number of hydrogen-bond acceptors (Lipinski definition) is 4. The molecule has 3 N–H and O–H groups in total. The molecule has 1 aromatic rings. The van der Waals surface area contributed by atoms with Crippen molar-refractivity contribution < 1.29 is 14.4 Å². The first kappa shape index (κ1) is 20.9. The Bertz CT molecular complexity index is 662. The summed E-state index contributed by atoms with van der Waals surface area (Å²) in [5.74, 6) is -0.699. The van der Waals surface area contributed by atoms with Crippen LogP contribution in [0.1, 0.15) is 33.6 Å². The van der Waals surface area contributed by atoms with Crippen LogP contribution in [0.15, 0.2) is 30.3 Å². The van der Waals surface area contributed by atoms with E-state index in [9.17, 15) is 14.4 Å². The van der Waals surface area contributed by atoms with Crippen molar-refractivity contribution in [2.24, 2.45) is 5.92 Å². The molecule has 148 valence electrons. The molecule has 0 unspecified atom stereocenters. The maximum absolute atomic E-state index is 13.1. The second-order valence-electron chi connectivity index (χ2n) is 7.29. The minimum absolute atomic E-state index is 0.0797. The lowest BCUT2D eigenvalue weighted by Crippen LogP contribution is -2.56. The van der Waals surface area contributed by atoms with Crippen LogP contribution in [-0.4, -0.2) is 54.3 Å². The highest BCUT2D eigenvalue weighted by Crippen LogP contribution is 2.22. The van der Waals surface area contributed by atoms with Crippen LogP contribution in [0.25, 0.3) is 0 Å². The Morgan fingerprint density at radius 1 is 1.11 bits per heavy atom. The van der Waals surface area contributed by atoms with Gasteiger partial charge in [0.2, 0.25) is 17.7 Å². The number of hydrogen-bond donors (Lipinski definition) is 3. The summed E-state index contributed by atoms with van der Waals surface area (Å²) >= 11 is 0. The Morgan fingerprint density at radius 3 is 2.37 bits per heavy atom. The van der Waals surface area contributed by atoms with Crippen molar-refractivity contribution in [2.45, 2.75) is 51.7 Å². The van der Waals surface area contributed by atoms with Crippen LogP contribution in [0.2, 0.25) is 0 Å². The normalized spacial score (nSPS) is 18.9. The van der Waals surface area contributed by atoms with Crippen molar-refractivity contribution >= 4 is 23.4 Å². The topological polar surface area (TPSA) is 90.5 Å². The van der Waals surface area contributed by atoms with Crippen LogP contribution in [0.4, 0.5) is 5.69 Å². The number of rotatable bonds is 7. The third-order valence-electron chi connectivity index (χ3n) is 4.94. The summed E-state index contributed by atoms with van der Waals surface area (Å²) in [5.41, 5.74) is 0.707. The summed E-state index contributed by atoms with van der Waals surface area (Å²) in [5, 5.41) is 8.57. The Kier molecular flexibility index (Phi) is 7.36. The highest BCUT2D eigenvalue weighted by atomic mass is 16.2. The molecule has 1 aromatic carbocycles. The highest BCUT2D eigenvalue weighted by Gasteiger charge is 2.38.